The number of rotatable bonds is 3. The minimum atomic E-state index is -0.384. The number of halogens is 1. The van der Waals surface area contributed by atoms with Crippen LogP contribution in [0.1, 0.15) is 20.7 Å². The Kier molecular flexibility index (Phi) is 4.39. The second-order valence-corrected chi connectivity index (χ2v) is 7.44. The van der Waals surface area contributed by atoms with Crippen LogP contribution >= 0.6 is 35.1 Å². The van der Waals surface area contributed by atoms with Crippen LogP contribution in [0, 0.1) is 0 Å². The maximum absolute atomic E-state index is 12.6. The van der Waals surface area contributed by atoms with E-state index < -0.39 is 0 Å². The predicted octanol–water partition coefficient (Wildman–Crippen LogP) is 4.46. The van der Waals surface area contributed by atoms with Crippen LogP contribution in [-0.4, -0.2) is 26.8 Å². The summed E-state index contributed by atoms with van der Waals surface area (Å²) in [6.07, 6.45) is 1.43. The molecule has 134 valence electrons. The van der Waals surface area contributed by atoms with Crippen LogP contribution in [0.4, 0.5) is 5.82 Å². The molecule has 4 heterocycles. The fourth-order valence-corrected chi connectivity index (χ4v) is 4.70. The third-order valence-corrected chi connectivity index (χ3v) is 5.96. The van der Waals surface area contributed by atoms with Gasteiger partial charge in [0.15, 0.2) is 5.82 Å². The van der Waals surface area contributed by atoms with E-state index in [0.29, 0.717) is 16.9 Å². The number of nitrogens with zero attached hydrogens (tertiary/aromatic N) is 3. The third-order valence-electron chi connectivity index (χ3n) is 4.17. The molecule has 9 heteroatoms. The molecule has 2 amide bonds. The molecule has 3 aromatic heterocycles. The maximum Gasteiger partial charge on any atom is 0.280 e. The molecular weight excluding hydrogens is 404 g/mol. The lowest BCUT2D eigenvalue weighted by Crippen LogP contribution is -2.35. The Labute approximate surface area is 167 Å². The van der Waals surface area contributed by atoms with Crippen LogP contribution in [0.15, 0.2) is 53.5 Å². The van der Waals surface area contributed by atoms with E-state index >= 15 is 0 Å². The van der Waals surface area contributed by atoms with Gasteiger partial charge in [0, 0.05) is 15.8 Å². The van der Waals surface area contributed by atoms with Crippen LogP contribution in [0.25, 0.3) is 20.7 Å². The average molecular weight is 415 g/mol. The number of benzene rings is 1. The SMILES string of the molecule is Cl.O=C1c2ccccc2C(=O)N1Nc1ncnc2scc(-c3cccs3)c12. The van der Waals surface area contributed by atoms with Crippen molar-refractivity contribution in [1.82, 2.24) is 15.0 Å². The molecule has 0 unspecified atom stereocenters. The molecule has 1 aromatic carbocycles. The van der Waals surface area contributed by atoms with Crippen LogP contribution in [0.3, 0.4) is 0 Å². The molecule has 0 fully saturated rings. The fraction of sp³-hybridized carbons (Fsp3) is 0. The second-order valence-electron chi connectivity index (χ2n) is 5.63. The van der Waals surface area contributed by atoms with E-state index in [-0.39, 0.29) is 24.2 Å². The van der Waals surface area contributed by atoms with E-state index in [0.717, 1.165) is 25.7 Å². The van der Waals surface area contributed by atoms with E-state index in [1.54, 1.807) is 35.6 Å². The van der Waals surface area contributed by atoms with Crippen molar-refractivity contribution in [3.05, 3.63) is 64.6 Å². The Morgan fingerprint density at radius 3 is 2.30 bits per heavy atom. The molecule has 0 aliphatic carbocycles. The van der Waals surface area contributed by atoms with Crippen LogP contribution < -0.4 is 5.43 Å². The molecule has 6 nitrogen and oxygen atoms in total. The van der Waals surface area contributed by atoms with Crippen molar-refractivity contribution < 1.29 is 9.59 Å². The molecule has 1 aliphatic heterocycles. The van der Waals surface area contributed by atoms with E-state index in [9.17, 15) is 9.59 Å². The summed E-state index contributed by atoms with van der Waals surface area (Å²) in [6.45, 7) is 0. The summed E-state index contributed by atoms with van der Waals surface area (Å²) < 4.78 is 0. The third kappa shape index (κ3) is 2.69. The highest BCUT2D eigenvalue weighted by atomic mass is 35.5. The maximum atomic E-state index is 12.6. The van der Waals surface area contributed by atoms with Crippen molar-refractivity contribution in [3.8, 4) is 10.4 Å². The zero-order valence-corrected chi connectivity index (χ0v) is 16.0. The normalized spacial score (nSPS) is 13.0. The first-order valence-corrected chi connectivity index (χ1v) is 9.50. The average Bonchev–Trinajstić information content (AvgIpc) is 3.38. The largest absolute Gasteiger partial charge is 0.280 e. The molecule has 1 N–H and O–H groups in total. The van der Waals surface area contributed by atoms with Crippen LogP contribution in [0.5, 0.6) is 0 Å². The van der Waals surface area contributed by atoms with Crippen molar-refractivity contribution in [2.75, 3.05) is 5.43 Å². The van der Waals surface area contributed by atoms with Gasteiger partial charge in [0.25, 0.3) is 11.8 Å². The summed E-state index contributed by atoms with van der Waals surface area (Å²) in [6, 6.07) is 10.8. The number of nitrogens with one attached hydrogen (secondary N) is 1. The molecule has 0 bridgehead atoms. The standard InChI is InChI=1S/C18H10N4O2S2.ClH/c23-17-10-4-1-2-5-11(10)18(24)22(17)21-15-14-12(13-6-3-7-25-13)8-26-16(14)20-9-19-15;/h1-9H,(H,19,20,21);1H. The first-order chi connectivity index (χ1) is 12.7. The molecule has 4 aromatic rings. The summed E-state index contributed by atoms with van der Waals surface area (Å²) in [5, 5.41) is 5.83. The Bertz CT molecular complexity index is 1140. The smallest absolute Gasteiger partial charge is 0.271 e. The monoisotopic (exact) mass is 414 g/mol. The Balaban J connectivity index is 0.00000180. The van der Waals surface area contributed by atoms with Gasteiger partial charge in [0.2, 0.25) is 0 Å². The van der Waals surface area contributed by atoms with Crippen molar-refractivity contribution in [3.63, 3.8) is 0 Å². The lowest BCUT2D eigenvalue weighted by molar-refractivity contribution is 0.0691. The number of thiophene rings is 2. The quantitative estimate of drug-likeness (QED) is 0.501. The number of aromatic nitrogens is 2. The van der Waals surface area contributed by atoms with Crippen molar-refractivity contribution in [2.24, 2.45) is 0 Å². The van der Waals surface area contributed by atoms with Gasteiger partial charge >= 0.3 is 0 Å². The number of hydrogen-bond acceptors (Lipinski definition) is 7. The predicted molar refractivity (Wildman–Crippen MR) is 109 cm³/mol. The number of fused-ring (bicyclic) bond motifs is 2. The van der Waals surface area contributed by atoms with Gasteiger partial charge in [-0.15, -0.1) is 35.1 Å². The van der Waals surface area contributed by atoms with Crippen molar-refractivity contribution >= 4 is 62.9 Å². The summed E-state index contributed by atoms with van der Waals surface area (Å²) in [5.74, 6) is -0.329. The number of anilines is 1. The summed E-state index contributed by atoms with van der Waals surface area (Å²) >= 11 is 3.11. The van der Waals surface area contributed by atoms with Crippen LogP contribution in [0.2, 0.25) is 0 Å². The van der Waals surface area contributed by atoms with Crippen molar-refractivity contribution in [1.29, 1.82) is 0 Å². The topological polar surface area (TPSA) is 75.2 Å². The number of hydrogen-bond donors (Lipinski definition) is 1. The Morgan fingerprint density at radius 2 is 1.63 bits per heavy atom. The minimum Gasteiger partial charge on any atom is -0.271 e. The molecule has 0 saturated heterocycles. The highest BCUT2D eigenvalue weighted by Gasteiger charge is 2.36. The highest BCUT2D eigenvalue weighted by molar-refractivity contribution is 7.18. The molecule has 27 heavy (non-hydrogen) atoms. The number of carbonyl (C=O) groups excluding carboxylic acids is 2. The van der Waals surface area contributed by atoms with Gasteiger partial charge in [0.1, 0.15) is 11.2 Å². The molecule has 0 saturated carbocycles. The molecular formula is C18H11ClN4O2S2. The van der Waals surface area contributed by atoms with Gasteiger partial charge in [-0.1, -0.05) is 18.2 Å². The summed E-state index contributed by atoms with van der Waals surface area (Å²) in [5.41, 5.74) is 4.68. The van der Waals surface area contributed by atoms with Crippen molar-refractivity contribution in [2.45, 2.75) is 0 Å². The zero-order valence-electron chi connectivity index (χ0n) is 13.6. The molecule has 5 rings (SSSR count). The van der Waals surface area contributed by atoms with Gasteiger partial charge in [-0.3, -0.25) is 15.0 Å². The van der Waals surface area contributed by atoms with Gasteiger partial charge in [-0.25, -0.2) is 9.97 Å². The Hall–Kier alpha value is -2.81. The molecule has 0 atom stereocenters. The summed E-state index contributed by atoms with van der Waals surface area (Å²) in [4.78, 5) is 35.7. The minimum absolute atomic E-state index is 0. The lowest BCUT2D eigenvalue weighted by Gasteiger charge is -2.16. The zero-order chi connectivity index (χ0) is 17.7. The highest BCUT2D eigenvalue weighted by Crippen LogP contribution is 2.39. The van der Waals surface area contributed by atoms with Gasteiger partial charge in [0.05, 0.1) is 16.5 Å². The van der Waals surface area contributed by atoms with Crippen LogP contribution in [-0.2, 0) is 0 Å². The first-order valence-electron chi connectivity index (χ1n) is 7.74. The number of carbonyl (C=O) groups is 2. The molecule has 1 aliphatic rings. The lowest BCUT2D eigenvalue weighted by atomic mass is 10.1. The summed E-state index contributed by atoms with van der Waals surface area (Å²) in [7, 11) is 0. The number of imide groups is 1. The van der Waals surface area contributed by atoms with E-state index in [1.165, 1.54) is 17.7 Å². The van der Waals surface area contributed by atoms with E-state index in [4.69, 9.17) is 0 Å². The number of hydrazine groups is 1. The van der Waals surface area contributed by atoms with Gasteiger partial charge in [-0.2, -0.15) is 5.01 Å². The molecule has 0 spiro atoms. The van der Waals surface area contributed by atoms with E-state index in [1.807, 2.05) is 22.9 Å². The second kappa shape index (κ2) is 6.73. The number of amides is 2. The fourth-order valence-electron chi connectivity index (χ4n) is 2.97. The van der Waals surface area contributed by atoms with Gasteiger partial charge in [-0.05, 0) is 23.6 Å². The first kappa shape index (κ1) is 17.6. The van der Waals surface area contributed by atoms with Gasteiger partial charge < -0.3 is 0 Å². The molecule has 0 radical (unpaired) electrons. The Morgan fingerprint density at radius 1 is 0.889 bits per heavy atom. The van der Waals surface area contributed by atoms with E-state index in [2.05, 4.69) is 15.4 Å².